The predicted molar refractivity (Wildman–Crippen MR) is 53.0 cm³/mol. The molecule has 5 heteroatoms. The Morgan fingerprint density at radius 1 is 1.50 bits per heavy atom. The van der Waals surface area contributed by atoms with Crippen molar-refractivity contribution in [1.82, 2.24) is 5.32 Å². The summed E-state index contributed by atoms with van der Waals surface area (Å²) in [5.74, 6) is -0.794. The van der Waals surface area contributed by atoms with Crippen LogP contribution in [0.25, 0.3) is 0 Å². The zero-order valence-electron chi connectivity index (χ0n) is 7.80. The molecule has 1 amide bonds. The van der Waals surface area contributed by atoms with Crippen LogP contribution in [0.4, 0.5) is 15.8 Å². The monoisotopic (exact) mass is 197 g/mol. The fraction of sp³-hybridized carbons (Fsp3) is 0.222. The number of anilines is 2. The lowest BCUT2D eigenvalue weighted by molar-refractivity contribution is -0.119. The van der Waals surface area contributed by atoms with E-state index in [4.69, 9.17) is 11.5 Å². The van der Waals surface area contributed by atoms with Crippen LogP contribution < -0.4 is 16.8 Å². The average Bonchev–Trinajstić information content (AvgIpc) is 2.14. The fourth-order valence-corrected chi connectivity index (χ4v) is 1.07. The topological polar surface area (TPSA) is 81.1 Å². The number of hydrogen-bond acceptors (Lipinski definition) is 3. The van der Waals surface area contributed by atoms with Gasteiger partial charge in [-0.1, -0.05) is 0 Å². The van der Waals surface area contributed by atoms with Gasteiger partial charge in [0.2, 0.25) is 5.91 Å². The Hall–Kier alpha value is -1.78. The minimum atomic E-state index is -0.594. The standard InChI is InChI=1S/C9H12FN3O/c1-13-8(14)4-5-2-6(10)9(12)7(11)3-5/h2-3H,4,11-12H2,1H3,(H,13,14). The highest BCUT2D eigenvalue weighted by Crippen LogP contribution is 2.20. The van der Waals surface area contributed by atoms with Gasteiger partial charge in [-0.2, -0.15) is 0 Å². The largest absolute Gasteiger partial charge is 0.397 e. The Bertz CT molecular complexity index is 342. The number of hydrogen-bond donors (Lipinski definition) is 3. The Morgan fingerprint density at radius 3 is 2.64 bits per heavy atom. The molecule has 0 fully saturated rings. The molecule has 0 spiro atoms. The van der Waals surface area contributed by atoms with Crippen LogP contribution >= 0.6 is 0 Å². The normalized spacial score (nSPS) is 9.86. The molecule has 76 valence electrons. The SMILES string of the molecule is CNC(=O)Cc1cc(N)c(N)c(F)c1. The molecule has 14 heavy (non-hydrogen) atoms. The number of benzene rings is 1. The smallest absolute Gasteiger partial charge is 0.224 e. The van der Waals surface area contributed by atoms with E-state index < -0.39 is 5.82 Å². The van der Waals surface area contributed by atoms with E-state index in [1.807, 2.05) is 0 Å². The molecule has 0 aliphatic rings. The number of nitrogens with two attached hydrogens (primary N) is 2. The molecule has 0 radical (unpaired) electrons. The second kappa shape index (κ2) is 3.95. The number of amides is 1. The van der Waals surface area contributed by atoms with Crippen LogP contribution in [0.5, 0.6) is 0 Å². The average molecular weight is 197 g/mol. The maximum absolute atomic E-state index is 13.1. The van der Waals surface area contributed by atoms with Crippen LogP contribution in [0.15, 0.2) is 12.1 Å². The minimum absolute atomic E-state index is 0.0781. The second-order valence-corrected chi connectivity index (χ2v) is 2.93. The molecular formula is C9H12FN3O. The maximum Gasteiger partial charge on any atom is 0.224 e. The first kappa shape index (κ1) is 10.3. The lowest BCUT2D eigenvalue weighted by atomic mass is 10.1. The van der Waals surface area contributed by atoms with Crippen LogP contribution in [0, 0.1) is 5.82 Å². The van der Waals surface area contributed by atoms with Gasteiger partial charge >= 0.3 is 0 Å². The molecule has 0 aliphatic heterocycles. The third-order valence-electron chi connectivity index (χ3n) is 1.86. The summed E-state index contributed by atoms with van der Waals surface area (Å²) in [4.78, 5) is 11.0. The molecule has 0 saturated heterocycles. The van der Waals surface area contributed by atoms with E-state index in [2.05, 4.69) is 5.32 Å². The highest BCUT2D eigenvalue weighted by Gasteiger charge is 2.07. The molecule has 5 N–H and O–H groups in total. The van der Waals surface area contributed by atoms with E-state index in [9.17, 15) is 9.18 Å². The van der Waals surface area contributed by atoms with E-state index in [-0.39, 0.29) is 23.7 Å². The van der Waals surface area contributed by atoms with E-state index in [0.717, 1.165) is 0 Å². The molecule has 0 aliphatic carbocycles. The lowest BCUT2D eigenvalue weighted by Crippen LogP contribution is -2.20. The fourth-order valence-electron chi connectivity index (χ4n) is 1.07. The first-order valence-corrected chi connectivity index (χ1v) is 4.08. The van der Waals surface area contributed by atoms with Crippen LogP contribution in [0.2, 0.25) is 0 Å². The van der Waals surface area contributed by atoms with Crippen molar-refractivity contribution in [3.05, 3.63) is 23.5 Å². The second-order valence-electron chi connectivity index (χ2n) is 2.93. The van der Waals surface area contributed by atoms with Crippen LogP contribution in [-0.4, -0.2) is 13.0 Å². The summed E-state index contributed by atoms with van der Waals surface area (Å²) in [5, 5.41) is 2.43. The number of nitrogens with one attached hydrogen (secondary N) is 1. The van der Waals surface area contributed by atoms with Crippen molar-refractivity contribution >= 4 is 17.3 Å². The first-order valence-electron chi connectivity index (χ1n) is 4.08. The van der Waals surface area contributed by atoms with Gasteiger partial charge in [0.25, 0.3) is 0 Å². The van der Waals surface area contributed by atoms with E-state index in [1.165, 1.54) is 19.2 Å². The van der Waals surface area contributed by atoms with Crippen LogP contribution in [0.3, 0.4) is 0 Å². The van der Waals surface area contributed by atoms with Gasteiger partial charge in [-0.15, -0.1) is 0 Å². The molecule has 0 atom stereocenters. The van der Waals surface area contributed by atoms with Crippen molar-refractivity contribution in [3.63, 3.8) is 0 Å². The summed E-state index contributed by atoms with van der Waals surface area (Å²) in [5.41, 5.74) is 11.3. The zero-order chi connectivity index (χ0) is 10.7. The molecule has 1 aromatic carbocycles. The minimum Gasteiger partial charge on any atom is -0.397 e. The summed E-state index contributed by atoms with van der Waals surface area (Å²) in [6, 6.07) is 2.70. The van der Waals surface area contributed by atoms with Crippen molar-refractivity contribution in [3.8, 4) is 0 Å². The van der Waals surface area contributed by atoms with Crippen LogP contribution in [-0.2, 0) is 11.2 Å². The van der Waals surface area contributed by atoms with Crippen LogP contribution in [0.1, 0.15) is 5.56 Å². The Labute approximate surface area is 81.1 Å². The molecule has 0 heterocycles. The van der Waals surface area contributed by atoms with Gasteiger partial charge < -0.3 is 16.8 Å². The Kier molecular flexibility index (Phi) is 2.91. The van der Waals surface area contributed by atoms with Gasteiger partial charge in [0, 0.05) is 7.05 Å². The highest BCUT2D eigenvalue weighted by molar-refractivity contribution is 5.79. The summed E-state index contributed by atoms with van der Waals surface area (Å²) < 4.78 is 13.1. The Balaban J connectivity index is 2.95. The van der Waals surface area contributed by atoms with Gasteiger partial charge in [0.05, 0.1) is 17.8 Å². The third kappa shape index (κ3) is 2.12. The van der Waals surface area contributed by atoms with Crippen molar-refractivity contribution in [2.24, 2.45) is 0 Å². The van der Waals surface area contributed by atoms with Gasteiger partial charge in [-0.25, -0.2) is 4.39 Å². The number of likely N-dealkylation sites (N-methyl/N-ethyl adjacent to an activating group) is 1. The number of halogens is 1. The maximum atomic E-state index is 13.1. The number of rotatable bonds is 2. The number of carbonyl (C=O) groups is 1. The van der Waals surface area contributed by atoms with E-state index >= 15 is 0 Å². The molecule has 0 bridgehead atoms. The Morgan fingerprint density at radius 2 is 2.14 bits per heavy atom. The summed E-state index contributed by atoms with van der Waals surface area (Å²) in [7, 11) is 1.51. The third-order valence-corrected chi connectivity index (χ3v) is 1.86. The van der Waals surface area contributed by atoms with Crippen molar-refractivity contribution in [2.75, 3.05) is 18.5 Å². The summed E-state index contributed by atoms with van der Waals surface area (Å²) >= 11 is 0. The molecule has 1 aromatic rings. The van der Waals surface area contributed by atoms with Crippen molar-refractivity contribution in [2.45, 2.75) is 6.42 Å². The number of nitrogen functional groups attached to an aromatic ring is 2. The quantitative estimate of drug-likeness (QED) is 0.595. The van der Waals surface area contributed by atoms with Gasteiger partial charge in [-0.3, -0.25) is 4.79 Å². The molecular weight excluding hydrogens is 185 g/mol. The van der Waals surface area contributed by atoms with Crippen molar-refractivity contribution < 1.29 is 9.18 Å². The number of carbonyl (C=O) groups excluding carboxylic acids is 1. The molecule has 4 nitrogen and oxygen atoms in total. The molecule has 0 unspecified atom stereocenters. The zero-order valence-corrected chi connectivity index (χ0v) is 7.80. The summed E-state index contributed by atoms with van der Waals surface area (Å²) in [6.45, 7) is 0. The predicted octanol–water partition coefficient (Wildman–Crippen LogP) is 0.279. The lowest BCUT2D eigenvalue weighted by Gasteiger charge is -2.05. The highest BCUT2D eigenvalue weighted by atomic mass is 19.1. The van der Waals surface area contributed by atoms with E-state index in [0.29, 0.717) is 5.56 Å². The van der Waals surface area contributed by atoms with E-state index in [1.54, 1.807) is 0 Å². The summed E-state index contributed by atoms with van der Waals surface area (Å²) in [6.07, 6.45) is 0.0951. The first-order chi connectivity index (χ1) is 6.54. The van der Waals surface area contributed by atoms with Gasteiger partial charge in [0.15, 0.2) is 0 Å². The van der Waals surface area contributed by atoms with Gasteiger partial charge in [-0.05, 0) is 17.7 Å². The molecule has 0 aromatic heterocycles. The molecule has 0 saturated carbocycles. The molecule has 1 rings (SSSR count). The van der Waals surface area contributed by atoms with Gasteiger partial charge in [0.1, 0.15) is 5.82 Å². The van der Waals surface area contributed by atoms with Crippen molar-refractivity contribution in [1.29, 1.82) is 0 Å².